The molecule has 6 heteroatoms. The van der Waals surface area contributed by atoms with Crippen molar-refractivity contribution in [1.29, 1.82) is 0 Å². The summed E-state index contributed by atoms with van der Waals surface area (Å²) in [6.45, 7) is 2.07. The Labute approximate surface area is 113 Å². The van der Waals surface area contributed by atoms with Crippen LogP contribution in [-0.2, 0) is 10.0 Å². The van der Waals surface area contributed by atoms with Gasteiger partial charge in [0.05, 0.1) is 4.90 Å². The Morgan fingerprint density at radius 2 is 2.05 bits per heavy atom. The topological polar surface area (TPSA) is 63.4 Å². The smallest absolute Gasteiger partial charge is 0.243 e. The summed E-state index contributed by atoms with van der Waals surface area (Å²) in [5.41, 5.74) is 6.12. The molecule has 1 aliphatic carbocycles. The zero-order valence-corrected chi connectivity index (χ0v) is 12.0. The molecule has 0 saturated heterocycles. The van der Waals surface area contributed by atoms with Gasteiger partial charge in [0.25, 0.3) is 0 Å². The van der Waals surface area contributed by atoms with Crippen molar-refractivity contribution in [3.63, 3.8) is 0 Å². The average Bonchev–Trinajstić information content (AvgIpc) is 2.26. The molecule has 1 aromatic rings. The fourth-order valence-electron chi connectivity index (χ4n) is 2.47. The number of aryl methyl sites for hydroxylation is 1. The van der Waals surface area contributed by atoms with E-state index in [-0.39, 0.29) is 10.9 Å². The van der Waals surface area contributed by atoms with E-state index in [1.54, 1.807) is 14.0 Å². The average molecular weight is 286 g/mol. The van der Waals surface area contributed by atoms with Crippen molar-refractivity contribution in [2.24, 2.45) is 11.7 Å². The van der Waals surface area contributed by atoms with Crippen LogP contribution in [0.15, 0.2) is 23.1 Å². The molecule has 106 valence electrons. The van der Waals surface area contributed by atoms with E-state index in [2.05, 4.69) is 0 Å². The van der Waals surface area contributed by atoms with Crippen molar-refractivity contribution < 1.29 is 12.8 Å². The summed E-state index contributed by atoms with van der Waals surface area (Å²) >= 11 is 0. The number of hydrogen-bond donors (Lipinski definition) is 1. The van der Waals surface area contributed by atoms with Gasteiger partial charge < -0.3 is 5.73 Å². The Hall–Kier alpha value is -0.980. The van der Waals surface area contributed by atoms with Crippen LogP contribution >= 0.6 is 0 Å². The van der Waals surface area contributed by atoms with Gasteiger partial charge in [0.15, 0.2) is 0 Å². The summed E-state index contributed by atoms with van der Waals surface area (Å²) in [4.78, 5) is 0.167. The maximum Gasteiger partial charge on any atom is 0.243 e. The van der Waals surface area contributed by atoms with Crippen LogP contribution in [0.5, 0.6) is 0 Å². The molecule has 1 saturated carbocycles. The highest BCUT2D eigenvalue weighted by molar-refractivity contribution is 7.89. The lowest BCUT2D eigenvalue weighted by Crippen LogP contribution is -2.43. The van der Waals surface area contributed by atoms with E-state index in [4.69, 9.17) is 5.73 Å². The van der Waals surface area contributed by atoms with Crippen molar-refractivity contribution >= 4 is 10.0 Å². The molecule has 4 nitrogen and oxygen atoms in total. The van der Waals surface area contributed by atoms with Gasteiger partial charge in [0.1, 0.15) is 5.82 Å². The summed E-state index contributed by atoms with van der Waals surface area (Å²) < 4.78 is 39.2. The predicted octanol–water partition coefficient (Wildman–Crippen LogP) is 1.49. The third-order valence-corrected chi connectivity index (χ3v) is 5.60. The second-order valence-electron chi connectivity index (χ2n) is 5.29. The van der Waals surface area contributed by atoms with Crippen molar-refractivity contribution in [2.75, 3.05) is 13.6 Å². The Kier molecular flexibility index (Phi) is 3.94. The lowest BCUT2D eigenvalue weighted by molar-refractivity contribution is 0.227. The zero-order valence-electron chi connectivity index (χ0n) is 11.1. The molecule has 2 rings (SSSR count). The van der Waals surface area contributed by atoms with E-state index in [0.29, 0.717) is 18.0 Å². The van der Waals surface area contributed by atoms with Gasteiger partial charge in [-0.25, -0.2) is 17.1 Å². The summed E-state index contributed by atoms with van der Waals surface area (Å²) in [6, 6.07) is 3.93. The molecule has 0 amide bonds. The quantitative estimate of drug-likeness (QED) is 0.912. The Balaban J connectivity index is 2.16. The first-order chi connectivity index (χ1) is 8.80. The highest BCUT2D eigenvalue weighted by atomic mass is 32.2. The molecule has 0 unspecified atom stereocenters. The van der Waals surface area contributed by atoms with Crippen LogP contribution in [0, 0.1) is 18.7 Å². The van der Waals surface area contributed by atoms with Gasteiger partial charge in [0, 0.05) is 19.6 Å². The SMILES string of the molecule is Cc1cc(F)ccc1S(=O)(=O)N(C)CC1CC(N)C1. The number of hydrogen-bond acceptors (Lipinski definition) is 3. The van der Waals surface area contributed by atoms with Crippen molar-refractivity contribution in [2.45, 2.75) is 30.7 Å². The summed E-state index contributed by atoms with van der Waals surface area (Å²) in [7, 11) is -1.99. The van der Waals surface area contributed by atoms with Gasteiger partial charge in [-0.1, -0.05) is 0 Å². The molecule has 0 radical (unpaired) electrons. The molecule has 0 atom stereocenters. The van der Waals surface area contributed by atoms with Crippen LogP contribution in [0.25, 0.3) is 0 Å². The number of sulfonamides is 1. The summed E-state index contributed by atoms with van der Waals surface area (Å²) in [5, 5.41) is 0. The van der Waals surface area contributed by atoms with Crippen molar-refractivity contribution in [3.8, 4) is 0 Å². The molecule has 0 aromatic heterocycles. The van der Waals surface area contributed by atoms with E-state index in [0.717, 1.165) is 12.8 Å². The minimum absolute atomic E-state index is 0.167. The highest BCUT2D eigenvalue weighted by Crippen LogP contribution is 2.28. The normalized spacial score (nSPS) is 23.4. The summed E-state index contributed by atoms with van der Waals surface area (Å²) in [5.74, 6) is -0.0976. The number of halogens is 1. The minimum Gasteiger partial charge on any atom is -0.328 e. The number of benzene rings is 1. The molecule has 0 bridgehead atoms. The number of nitrogens with two attached hydrogens (primary N) is 1. The first-order valence-electron chi connectivity index (χ1n) is 6.29. The number of rotatable bonds is 4. The van der Waals surface area contributed by atoms with Crippen molar-refractivity contribution in [1.82, 2.24) is 4.31 Å². The Bertz CT molecular complexity index is 568. The zero-order chi connectivity index (χ0) is 14.2. The largest absolute Gasteiger partial charge is 0.328 e. The number of nitrogens with zero attached hydrogens (tertiary/aromatic N) is 1. The van der Waals surface area contributed by atoms with E-state index in [1.165, 1.54) is 22.5 Å². The van der Waals surface area contributed by atoms with Crippen LogP contribution in [0.2, 0.25) is 0 Å². The van der Waals surface area contributed by atoms with Crippen molar-refractivity contribution in [3.05, 3.63) is 29.6 Å². The fourth-order valence-corrected chi connectivity index (χ4v) is 3.92. The molecule has 1 aliphatic rings. The second kappa shape index (κ2) is 5.19. The van der Waals surface area contributed by atoms with E-state index < -0.39 is 15.8 Å². The van der Waals surface area contributed by atoms with E-state index >= 15 is 0 Å². The van der Waals surface area contributed by atoms with Gasteiger partial charge in [-0.3, -0.25) is 0 Å². The molecule has 1 aromatic carbocycles. The Morgan fingerprint density at radius 3 is 2.58 bits per heavy atom. The van der Waals surface area contributed by atoms with E-state index in [9.17, 15) is 12.8 Å². The maximum absolute atomic E-state index is 13.0. The van der Waals surface area contributed by atoms with Gasteiger partial charge >= 0.3 is 0 Å². The molecular formula is C13H19FN2O2S. The fraction of sp³-hybridized carbons (Fsp3) is 0.538. The molecule has 1 fully saturated rings. The lowest BCUT2D eigenvalue weighted by atomic mass is 9.81. The molecule has 2 N–H and O–H groups in total. The third kappa shape index (κ3) is 2.96. The first-order valence-corrected chi connectivity index (χ1v) is 7.73. The highest BCUT2D eigenvalue weighted by Gasteiger charge is 2.31. The second-order valence-corrected chi connectivity index (χ2v) is 7.31. The van der Waals surface area contributed by atoms with E-state index in [1.807, 2.05) is 0 Å². The van der Waals surface area contributed by atoms with Gasteiger partial charge in [-0.05, 0) is 49.4 Å². The molecule has 0 spiro atoms. The molecule has 19 heavy (non-hydrogen) atoms. The maximum atomic E-state index is 13.0. The van der Waals surface area contributed by atoms with Crippen LogP contribution in [0.4, 0.5) is 4.39 Å². The molecule has 0 heterocycles. The van der Waals surface area contributed by atoms with Gasteiger partial charge in [-0.2, -0.15) is 0 Å². The van der Waals surface area contributed by atoms with Crippen LogP contribution in [-0.4, -0.2) is 32.4 Å². The van der Waals surface area contributed by atoms with Gasteiger partial charge in [0.2, 0.25) is 10.0 Å². The lowest BCUT2D eigenvalue weighted by Gasteiger charge is -2.35. The molecule has 0 aliphatic heterocycles. The third-order valence-electron chi connectivity index (χ3n) is 3.61. The summed E-state index contributed by atoms with van der Waals surface area (Å²) in [6.07, 6.45) is 1.73. The van der Waals surface area contributed by atoms with Crippen LogP contribution in [0.3, 0.4) is 0 Å². The minimum atomic E-state index is -3.55. The Morgan fingerprint density at radius 1 is 1.42 bits per heavy atom. The van der Waals surface area contributed by atoms with Gasteiger partial charge in [-0.15, -0.1) is 0 Å². The predicted molar refractivity (Wildman–Crippen MR) is 71.7 cm³/mol. The van der Waals surface area contributed by atoms with Crippen LogP contribution < -0.4 is 5.73 Å². The monoisotopic (exact) mass is 286 g/mol. The first kappa shape index (κ1) is 14.4. The standard InChI is InChI=1S/C13H19FN2O2S/c1-9-5-11(14)3-4-13(9)19(17,18)16(2)8-10-6-12(15)7-10/h3-5,10,12H,6-8,15H2,1-2H3. The van der Waals surface area contributed by atoms with Crippen LogP contribution in [0.1, 0.15) is 18.4 Å². The molecular weight excluding hydrogens is 267 g/mol.